The van der Waals surface area contributed by atoms with Crippen molar-refractivity contribution in [2.45, 2.75) is 78.7 Å². The number of rotatable bonds is 3. The number of allylic oxidation sites excluding steroid dienone is 2. The summed E-state index contributed by atoms with van der Waals surface area (Å²) in [7, 11) is 0. The minimum atomic E-state index is -0.0459. The van der Waals surface area contributed by atoms with Crippen molar-refractivity contribution in [3.63, 3.8) is 0 Å². The van der Waals surface area contributed by atoms with E-state index in [0.717, 1.165) is 42.7 Å². The van der Waals surface area contributed by atoms with E-state index in [1.165, 1.54) is 5.57 Å². The van der Waals surface area contributed by atoms with Crippen LogP contribution in [0.15, 0.2) is 23.1 Å². The molecule has 2 aliphatic rings. The Hall–Kier alpha value is -1.86. The summed E-state index contributed by atoms with van der Waals surface area (Å²) >= 11 is 1.60. The molecule has 3 nitrogen and oxygen atoms in total. The number of carbonyl (C=O) groups excluding carboxylic acids is 2. The number of amides is 1. The van der Waals surface area contributed by atoms with Crippen molar-refractivity contribution in [2.24, 2.45) is 11.3 Å². The van der Waals surface area contributed by atoms with Crippen molar-refractivity contribution in [2.75, 3.05) is 4.90 Å². The smallest absolute Gasteiger partial charge is 0.230 e. The maximum atomic E-state index is 13.5. The highest BCUT2D eigenvalue weighted by Gasteiger charge is 2.33. The molecule has 0 bridgehead atoms. The molecule has 28 heavy (non-hydrogen) atoms. The van der Waals surface area contributed by atoms with Crippen LogP contribution in [-0.4, -0.2) is 17.7 Å². The van der Waals surface area contributed by atoms with Crippen LogP contribution in [0.2, 0.25) is 0 Å². The third-order valence-corrected chi connectivity index (χ3v) is 6.36. The summed E-state index contributed by atoms with van der Waals surface area (Å²) < 4.78 is 0. The summed E-state index contributed by atoms with van der Waals surface area (Å²) in [5, 5.41) is 2.06. The number of anilines is 1. The molecule has 3 rings (SSSR count). The van der Waals surface area contributed by atoms with Gasteiger partial charge in [0.2, 0.25) is 5.91 Å². The van der Waals surface area contributed by atoms with E-state index >= 15 is 0 Å². The van der Waals surface area contributed by atoms with Gasteiger partial charge in [-0.05, 0) is 65.9 Å². The fraction of sp³-hybridized carbons (Fsp3) is 0.583. The van der Waals surface area contributed by atoms with Crippen LogP contribution < -0.4 is 4.90 Å². The van der Waals surface area contributed by atoms with Gasteiger partial charge in [0.1, 0.15) is 5.78 Å². The number of hydrogen-bond donors (Lipinski definition) is 0. The number of carbonyl (C=O) groups is 2. The van der Waals surface area contributed by atoms with Gasteiger partial charge in [0.15, 0.2) is 0 Å². The highest BCUT2D eigenvalue weighted by molar-refractivity contribution is 7.11. The molecule has 1 saturated carbocycles. The van der Waals surface area contributed by atoms with E-state index in [1.807, 2.05) is 4.90 Å². The second kappa shape index (κ2) is 8.66. The molecule has 1 fully saturated rings. The zero-order chi connectivity index (χ0) is 20.3. The minimum Gasteiger partial charge on any atom is -0.308 e. The standard InChI is InChI=1S/C24H31NO2S/c1-17-5-7-18(8-6-17)23(27)25(19-9-11-21(26)12-10-19)20-15-22(28-16-20)13-14-24(2,3)4/h5,15-16,18-19H,6-12H2,1-4H3. The fourth-order valence-electron chi connectivity index (χ4n) is 3.85. The second-order valence-electron chi connectivity index (χ2n) is 9.17. The van der Waals surface area contributed by atoms with Crippen molar-refractivity contribution in [3.8, 4) is 11.8 Å². The van der Waals surface area contributed by atoms with Crippen molar-refractivity contribution in [1.82, 2.24) is 0 Å². The molecule has 1 aromatic rings. The first-order chi connectivity index (χ1) is 13.2. The monoisotopic (exact) mass is 397 g/mol. The van der Waals surface area contributed by atoms with Crippen LogP contribution in [0.25, 0.3) is 0 Å². The summed E-state index contributed by atoms with van der Waals surface area (Å²) in [6.45, 7) is 8.44. The van der Waals surface area contributed by atoms with Crippen molar-refractivity contribution in [1.29, 1.82) is 0 Å². The zero-order valence-electron chi connectivity index (χ0n) is 17.5. The van der Waals surface area contributed by atoms with E-state index in [1.54, 1.807) is 11.3 Å². The summed E-state index contributed by atoms with van der Waals surface area (Å²) in [5.74, 6) is 7.13. The Labute approximate surface area is 173 Å². The highest BCUT2D eigenvalue weighted by atomic mass is 32.1. The number of nitrogens with zero attached hydrogens (tertiary/aromatic N) is 1. The van der Waals surface area contributed by atoms with Gasteiger partial charge < -0.3 is 4.90 Å². The van der Waals surface area contributed by atoms with E-state index in [-0.39, 0.29) is 23.3 Å². The van der Waals surface area contributed by atoms with Crippen LogP contribution >= 0.6 is 11.3 Å². The van der Waals surface area contributed by atoms with E-state index in [9.17, 15) is 9.59 Å². The molecule has 150 valence electrons. The highest BCUT2D eigenvalue weighted by Crippen LogP contribution is 2.34. The normalized spacial score (nSPS) is 20.9. The van der Waals surface area contributed by atoms with Gasteiger partial charge in [-0.2, -0.15) is 0 Å². The van der Waals surface area contributed by atoms with Gasteiger partial charge in [-0.3, -0.25) is 9.59 Å². The minimum absolute atomic E-state index is 0.0459. The van der Waals surface area contributed by atoms with Gasteiger partial charge in [-0.1, -0.05) is 23.5 Å². The van der Waals surface area contributed by atoms with Crippen LogP contribution in [0, 0.1) is 23.2 Å². The Morgan fingerprint density at radius 1 is 1.18 bits per heavy atom. The summed E-state index contributed by atoms with van der Waals surface area (Å²) in [4.78, 5) is 28.2. The van der Waals surface area contributed by atoms with Crippen LogP contribution in [0.3, 0.4) is 0 Å². The Bertz CT molecular complexity index is 821. The number of ketones is 1. The first-order valence-corrected chi connectivity index (χ1v) is 11.2. The van der Waals surface area contributed by atoms with E-state index in [2.05, 4.69) is 57.1 Å². The van der Waals surface area contributed by atoms with E-state index in [0.29, 0.717) is 18.6 Å². The number of hydrogen-bond acceptors (Lipinski definition) is 3. The summed E-state index contributed by atoms with van der Waals surface area (Å²) in [6.07, 6.45) is 7.66. The largest absolute Gasteiger partial charge is 0.308 e. The molecular formula is C24H31NO2S. The maximum absolute atomic E-state index is 13.5. The molecule has 0 aromatic carbocycles. The lowest BCUT2D eigenvalue weighted by molar-refractivity contribution is -0.125. The Balaban J connectivity index is 1.86. The van der Waals surface area contributed by atoms with Crippen molar-refractivity contribution < 1.29 is 9.59 Å². The molecule has 0 spiro atoms. The second-order valence-corrected chi connectivity index (χ2v) is 10.1. The van der Waals surface area contributed by atoms with Crippen LogP contribution in [0.4, 0.5) is 5.69 Å². The lowest BCUT2D eigenvalue weighted by Gasteiger charge is -2.36. The van der Waals surface area contributed by atoms with Gasteiger partial charge in [0.25, 0.3) is 0 Å². The van der Waals surface area contributed by atoms with Crippen LogP contribution in [-0.2, 0) is 9.59 Å². The molecule has 0 aliphatic heterocycles. The first-order valence-electron chi connectivity index (χ1n) is 10.3. The van der Waals surface area contributed by atoms with Gasteiger partial charge in [0.05, 0.1) is 10.6 Å². The van der Waals surface area contributed by atoms with Crippen molar-refractivity contribution in [3.05, 3.63) is 28.0 Å². The predicted molar refractivity (Wildman–Crippen MR) is 116 cm³/mol. The molecule has 1 amide bonds. The predicted octanol–water partition coefficient (Wildman–Crippen LogP) is 5.74. The molecule has 0 N–H and O–H groups in total. The molecule has 2 aliphatic carbocycles. The van der Waals surface area contributed by atoms with Gasteiger partial charge in [-0.15, -0.1) is 11.3 Å². The Kier molecular flexibility index (Phi) is 6.45. The molecule has 0 saturated heterocycles. The molecule has 1 unspecified atom stereocenters. The molecule has 1 atom stereocenters. The molecule has 1 aromatic heterocycles. The third-order valence-electron chi connectivity index (χ3n) is 5.53. The summed E-state index contributed by atoms with van der Waals surface area (Å²) in [5.41, 5.74) is 2.29. The summed E-state index contributed by atoms with van der Waals surface area (Å²) in [6, 6.07) is 2.18. The van der Waals surface area contributed by atoms with Crippen LogP contribution in [0.5, 0.6) is 0 Å². The zero-order valence-corrected chi connectivity index (χ0v) is 18.3. The lowest BCUT2D eigenvalue weighted by atomic mass is 9.87. The van der Waals surface area contributed by atoms with Gasteiger partial charge in [-0.25, -0.2) is 0 Å². The van der Waals surface area contributed by atoms with Crippen LogP contribution in [0.1, 0.15) is 77.5 Å². The SMILES string of the molecule is CC1=CCC(C(=O)N(c2csc(C#CC(C)(C)C)c2)C2CCC(=O)CC2)CC1. The van der Waals surface area contributed by atoms with E-state index in [4.69, 9.17) is 0 Å². The molecule has 1 heterocycles. The topological polar surface area (TPSA) is 37.4 Å². The number of thiophene rings is 1. The Morgan fingerprint density at radius 2 is 1.89 bits per heavy atom. The molecular weight excluding hydrogens is 366 g/mol. The molecule has 0 radical (unpaired) electrons. The van der Waals surface area contributed by atoms with E-state index < -0.39 is 0 Å². The lowest BCUT2D eigenvalue weighted by Crippen LogP contribution is -2.45. The molecule has 4 heteroatoms. The van der Waals surface area contributed by atoms with Gasteiger partial charge >= 0.3 is 0 Å². The average Bonchev–Trinajstić information content (AvgIpc) is 3.10. The van der Waals surface area contributed by atoms with Gasteiger partial charge in [0, 0.05) is 35.6 Å². The quantitative estimate of drug-likeness (QED) is 0.482. The number of Topliss-reactive ketones (excluding diaryl/α,β-unsaturated/α-hetero) is 1. The fourth-order valence-corrected chi connectivity index (χ4v) is 4.58. The third kappa shape index (κ3) is 5.35. The Morgan fingerprint density at radius 3 is 2.50 bits per heavy atom. The maximum Gasteiger partial charge on any atom is 0.230 e. The first kappa shape index (κ1) is 20.9. The van der Waals surface area contributed by atoms with Crippen molar-refractivity contribution >= 4 is 28.7 Å². The average molecular weight is 398 g/mol.